The van der Waals surface area contributed by atoms with Crippen LogP contribution >= 0.6 is 0 Å². The van der Waals surface area contributed by atoms with Gasteiger partial charge in [-0.25, -0.2) is 4.79 Å². The number of urea groups is 1. The molecule has 0 atom stereocenters. The van der Waals surface area contributed by atoms with Crippen LogP contribution in [0.25, 0.3) is 11.5 Å². The Morgan fingerprint density at radius 3 is 2.19 bits per heavy atom. The Bertz CT molecular complexity index is 996. The average molecular weight is 423 g/mol. The Kier molecular flexibility index (Phi) is 6.32. The smallest absolute Gasteiger partial charge is 0.321 e. The van der Waals surface area contributed by atoms with Gasteiger partial charge in [0.1, 0.15) is 11.5 Å². The third-order valence-corrected chi connectivity index (χ3v) is 5.17. The minimum absolute atomic E-state index is 0.105. The number of methoxy groups -OCH3 is 2. The molecule has 31 heavy (non-hydrogen) atoms. The maximum atomic E-state index is 12.5. The maximum absolute atomic E-state index is 12.5. The van der Waals surface area contributed by atoms with E-state index < -0.39 is 0 Å². The highest BCUT2D eigenvalue weighted by atomic mass is 16.5. The Hall–Kier alpha value is -3.59. The summed E-state index contributed by atoms with van der Waals surface area (Å²) < 4.78 is 15.7. The van der Waals surface area contributed by atoms with Crippen molar-refractivity contribution in [1.82, 2.24) is 19.9 Å². The molecule has 9 heteroatoms. The first kappa shape index (κ1) is 20.7. The predicted molar refractivity (Wildman–Crippen MR) is 115 cm³/mol. The molecule has 2 aromatic carbocycles. The highest BCUT2D eigenvalue weighted by Crippen LogP contribution is 2.21. The zero-order chi connectivity index (χ0) is 21.6. The number of aromatic nitrogens is 2. The molecule has 1 saturated heterocycles. The molecule has 0 spiro atoms. The molecule has 0 aliphatic carbocycles. The molecule has 0 saturated carbocycles. The molecule has 2 heterocycles. The summed E-state index contributed by atoms with van der Waals surface area (Å²) in [6, 6.07) is 14.7. The van der Waals surface area contributed by atoms with E-state index in [2.05, 4.69) is 20.4 Å². The number of rotatable bonds is 6. The molecule has 1 N–H and O–H groups in total. The van der Waals surface area contributed by atoms with Crippen LogP contribution in [0.5, 0.6) is 11.5 Å². The summed E-state index contributed by atoms with van der Waals surface area (Å²) in [4.78, 5) is 21.0. The normalized spacial score (nSPS) is 14.3. The summed E-state index contributed by atoms with van der Waals surface area (Å²) in [6.45, 7) is 3.31. The van der Waals surface area contributed by atoms with Gasteiger partial charge in [-0.05, 0) is 48.5 Å². The lowest BCUT2D eigenvalue weighted by molar-refractivity contribution is 0.140. The average Bonchev–Trinajstić information content (AvgIpc) is 3.28. The fourth-order valence-corrected chi connectivity index (χ4v) is 3.35. The minimum atomic E-state index is -0.105. The van der Waals surface area contributed by atoms with Crippen molar-refractivity contribution in [3.8, 4) is 23.0 Å². The Morgan fingerprint density at radius 1 is 0.968 bits per heavy atom. The molecule has 0 radical (unpaired) electrons. The lowest BCUT2D eigenvalue weighted by Crippen LogP contribution is -2.49. The zero-order valence-corrected chi connectivity index (χ0v) is 17.6. The number of piperazine rings is 1. The van der Waals surface area contributed by atoms with Gasteiger partial charge in [0, 0.05) is 37.4 Å². The second-order valence-corrected chi connectivity index (χ2v) is 7.17. The van der Waals surface area contributed by atoms with Gasteiger partial charge in [-0.15, -0.1) is 0 Å². The molecule has 1 aliphatic rings. The van der Waals surface area contributed by atoms with Crippen LogP contribution in [0.2, 0.25) is 0 Å². The Balaban J connectivity index is 1.27. The summed E-state index contributed by atoms with van der Waals surface area (Å²) in [5.41, 5.74) is 1.59. The molecular weight excluding hydrogens is 398 g/mol. The monoisotopic (exact) mass is 423 g/mol. The molecule has 1 aliphatic heterocycles. The van der Waals surface area contributed by atoms with E-state index in [1.807, 2.05) is 48.5 Å². The van der Waals surface area contributed by atoms with Crippen LogP contribution in [-0.4, -0.2) is 66.4 Å². The minimum Gasteiger partial charge on any atom is -0.497 e. The van der Waals surface area contributed by atoms with Crippen LogP contribution in [0.4, 0.5) is 10.5 Å². The first-order chi connectivity index (χ1) is 15.1. The zero-order valence-electron chi connectivity index (χ0n) is 17.6. The van der Waals surface area contributed by atoms with Crippen molar-refractivity contribution in [2.24, 2.45) is 0 Å². The Labute approximate surface area is 180 Å². The van der Waals surface area contributed by atoms with Crippen molar-refractivity contribution in [2.45, 2.75) is 6.54 Å². The van der Waals surface area contributed by atoms with Crippen LogP contribution in [0, 0.1) is 0 Å². The van der Waals surface area contributed by atoms with Gasteiger partial charge in [0.05, 0.1) is 20.8 Å². The molecule has 2 amide bonds. The number of hydrogen-bond donors (Lipinski definition) is 1. The summed E-state index contributed by atoms with van der Waals surface area (Å²) in [5.74, 6) is 2.64. The summed E-state index contributed by atoms with van der Waals surface area (Å²) in [5, 5.41) is 7.01. The number of carbonyl (C=O) groups is 1. The molecule has 1 aromatic heterocycles. The molecule has 1 fully saturated rings. The maximum Gasteiger partial charge on any atom is 0.321 e. The summed E-state index contributed by atoms with van der Waals surface area (Å²) >= 11 is 0. The topological polar surface area (TPSA) is 93.0 Å². The number of ether oxygens (including phenoxy) is 2. The van der Waals surface area contributed by atoms with E-state index >= 15 is 0 Å². The van der Waals surface area contributed by atoms with Crippen molar-refractivity contribution >= 4 is 11.7 Å². The van der Waals surface area contributed by atoms with Crippen LogP contribution in [0.15, 0.2) is 53.1 Å². The van der Waals surface area contributed by atoms with Crippen molar-refractivity contribution < 1.29 is 18.8 Å². The van der Waals surface area contributed by atoms with Gasteiger partial charge in [0.25, 0.3) is 5.89 Å². The van der Waals surface area contributed by atoms with Gasteiger partial charge >= 0.3 is 6.03 Å². The van der Waals surface area contributed by atoms with E-state index in [-0.39, 0.29) is 6.03 Å². The number of nitrogens with one attached hydrogen (secondary N) is 1. The lowest BCUT2D eigenvalue weighted by Gasteiger charge is -2.34. The fourth-order valence-electron chi connectivity index (χ4n) is 3.35. The van der Waals surface area contributed by atoms with Gasteiger partial charge in [0.15, 0.2) is 5.82 Å². The van der Waals surface area contributed by atoms with Crippen molar-refractivity contribution in [2.75, 3.05) is 45.7 Å². The summed E-state index contributed by atoms with van der Waals surface area (Å²) in [7, 11) is 3.24. The number of carbonyl (C=O) groups excluding carboxylic acids is 1. The number of anilines is 1. The number of hydrogen-bond acceptors (Lipinski definition) is 7. The second kappa shape index (κ2) is 9.48. The molecular formula is C22H25N5O4. The first-order valence-electron chi connectivity index (χ1n) is 10.0. The molecule has 3 aromatic rings. The Morgan fingerprint density at radius 2 is 1.58 bits per heavy atom. The van der Waals surface area contributed by atoms with Crippen LogP contribution in [0.3, 0.4) is 0 Å². The standard InChI is InChI=1S/C22H25N5O4/c1-29-18-7-3-16(4-8-18)21-24-20(25-31-21)15-26-11-13-27(14-12-26)22(28)23-17-5-9-19(30-2)10-6-17/h3-10H,11-15H2,1-2H3,(H,23,28). The molecule has 0 unspecified atom stereocenters. The number of benzene rings is 2. The predicted octanol–water partition coefficient (Wildman–Crippen LogP) is 3.10. The van der Waals surface area contributed by atoms with Gasteiger partial charge in [-0.3, -0.25) is 4.90 Å². The van der Waals surface area contributed by atoms with Gasteiger partial charge in [-0.1, -0.05) is 5.16 Å². The molecule has 4 rings (SSSR count). The van der Waals surface area contributed by atoms with Crippen molar-refractivity contribution in [3.63, 3.8) is 0 Å². The van der Waals surface area contributed by atoms with Crippen LogP contribution in [0.1, 0.15) is 5.82 Å². The fraction of sp³-hybridized carbons (Fsp3) is 0.318. The SMILES string of the molecule is COc1ccc(NC(=O)N2CCN(Cc3noc(-c4ccc(OC)cc4)n3)CC2)cc1. The van der Waals surface area contributed by atoms with E-state index in [0.717, 1.165) is 35.8 Å². The molecule has 9 nitrogen and oxygen atoms in total. The highest BCUT2D eigenvalue weighted by Gasteiger charge is 2.22. The lowest BCUT2D eigenvalue weighted by atomic mass is 10.2. The molecule has 162 valence electrons. The largest absolute Gasteiger partial charge is 0.497 e. The van der Waals surface area contributed by atoms with Gasteiger partial charge in [0.2, 0.25) is 0 Å². The quantitative estimate of drug-likeness (QED) is 0.651. The van der Waals surface area contributed by atoms with Gasteiger partial charge < -0.3 is 24.2 Å². The van der Waals surface area contributed by atoms with E-state index in [9.17, 15) is 4.79 Å². The number of nitrogens with zero attached hydrogens (tertiary/aromatic N) is 4. The van der Waals surface area contributed by atoms with Crippen molar-refractivity contribution in [1.29, 1.82) is 0 Å². The van der Waals surface area contributed by atoms with E-state index in [1.165, 1.54) is 0 Å². The highest BCUT2D eigenvalue weighted by molar-refractivity contribution is 5.89. The van der Waals surface area contributed by atoms with Gasteiger partial charge in [-0.2, -0.15) is 4.98 Å². The second-order valence-electron chi connectivity index (χ2n) is 7.17. The van der Waals surface area contributed by atoms with Crippen LogP contribution in [-0.2, 0) is 6.54 Å². The van der Waals surface area contributed by atoms with E-state index in [0.29, 0.717) is 31.3 Å². The third-order valence-electron chi connectivity index (χ3n) is 5.17. The van der Waals surface area contributed by atoms with Crippen LogP contribution < -0.4 is 14.8 Å². The molecule has 0 bridgehead atoms. The van der Waals surface area contributed by atoms with E-state index in [4.69, 9.17) is 14.0 Å². The third kappa shape index (κ3) is 5.13. The summed E-state index contributed by atoms with van der Waals surface area (Å²) in [6.07, 6.45) is 0. The van der Waals surface area contributed by atoms with E-state index in [1.54, 1.807) is 19.1 Å². The first-order valence-corrected chi connectivity index (χ1v) is 10.0. The van der Waals surface area contributed by atoms with Crippen molar-refractivity contribution in [3.05, 3.63) is 54.4 Å². The number of amides is 2.